The lowest BCUT2D eigenvalue weighted by molar-refractivity contribution is -0.112. The van der Waals surface area contributed by atoms with Crippen molar-refractivity contribution in [3.63, 3.8) is 0 Å². The molecule has 4 aliphatic carbocycles. The molecule has 5 rings (SSSR count). The maximum absolute atomic E-state index is 11.5. The van der Waals surface area contributed by atoms with Crippen molar-refractivity contribution in [1.29, 1.82) is 0 Å². The van der Waals surface area contributed by atoms with Crippen molar-refractivity contribution in [2.24, 2.45) is 28.6 Å². The van der Waals surface area contributed by atoms with Gasteiger partial charge in [0.2, 0.25) is 0 Å². The van der Waals surface area contributed by atoms with E-state index in [0.717, 1.165) is 18.1 Å². The Kier molecular flexibility index (Phi) is 2.48. The van der Waals surface area contributed by atoms with Gasteiger partial charge in [-0.2, -0.15) is 0 Å². The second-order valence-corrected chi connectivity index (χ2v) is 8.49. The number of hydrogen-bond donors (Lipinski definition) is 0. The fourth-order valence-electron chi connectivity index (χ4n) is 6.91. The number of furan rings is 1. The molecule has 116 valence electrons. The van der Waals surface area contributed by atoms with Crippen molar-refractivity contribution in [2.75, 3.05) is 0 Å². The van der Waals surface area contributed by atoms with Crippen LogP contribution in [0, 0.1) is 28.6 Å². The van der Waals surface area contributed by atoms with Gasteiger partial charge in [0, 0.05) is 11.5 Å². The Labute approximate surface area is 132 Å². The molecule has 3 fully saturated rings. The molecule has 0 N–H and O–H groups in total. The van der Waals surface area contributed by atoms with Crippen LogP contribution in [0.4, 0.5) is 0 Å². The van der Waals surface area contributed by atoms with Crippen LogP contribution < -0.4 is 0 Å². The van der Waals surface area contributed by atoms with Crippen molar-refractivity contribution in [1.82, 2.24) is 0 Å². The molecule has 2 nitrogen and oxygen atoms in total. The third kappa shape index (κ3) is 1.44. The number of allylic oxidation sites excluding steroid dienone is 1. The number of hydrogen-bond acceptors (Lipinski definition) is 2. The van der Waals surface area contributed by atoms with Gasteiger partial charge in [-0.25, -0.2) is 0 Å². The van der Waals surface area contributed by atoms with Gasteiger partial charge in [0.15, 0.2) is 0 Å². The van der Waals surface area contributed by atoms with E-state index in [1.807, 2.05) is 6.26 Å². The van der Waals surface area contributed by atoms with Gasteiger partial charge in [0.25, 0.3) is 0 Å². The molecule has 1 aromatic heterocycles. The summed E-state index contributed by atoms with van der Waals surface area (Å²) in [6.07, 6.45) is 15.3. The summed E-state index contributed by atoms with van der Waals surface area (Å²) in [5, 5.41) is 0. The lowest BCUT2D eigenvalue weighted by Gasteiger charge is -2.58. The van der Waals surface area contributed by atoms with Gasteiger partial charge in [-0.3, -0.25) is 0 Å². The van der Waals surface area contributed by atoms with Crippen LogP contribution in [0.1, 0.15) is 62.7 Å². The van der Waals surface area contributed by atoms with Gasteiger partial charge in [-0.15, -0.1) is 0 Å². The van der Waals surface area contributed by atoms with E-state index < -0.39 is 0 Å². The molecule has 6 unspecified atom stereocenters. The summed E-state index contributed by atoms with van der Waals surface area (Å²) in [4.78, 5) is 11.5. The second kappa shape index (κ2) is 4.15. The van der Waals surface area contributed by atoms with Crippen LogP contribution in [0.15, 0.2) is 22.8 Å². The van der Waals surface area contributed by atoms with Gasteiger partial charge in [-0.05, 0) is 79.3 Å². The maximum atomic E-state index is 11.5. The minimum atomic E-state index is 0.248. The van der Waals surface area contributed by atoms with Crippen molar-refractivity contribution in [2.45, 2.75) is 51.4 Å². The van der Waals surface area contributed by atoms with Gasteiger partial charge < -0.3 is 9.21 Å². The summed E-state index contributed by atoms with van der Waals surface area (Å²) in [7, 11) is 0. The van der Waals surface area contributed by atoms with E-state index in [0.29, 0.717) is 23.2 Å². The summed E-state index contributed by atoms with van der Waals surface area (Å²) in [6, 6.07) is 2.19. The molecule has 6 atom stereocenters. The van der Waals surface area contributed by atoms with Crippen molar-refractivity contribution in [3.05, 3.63) is 29.7 Å². The smallest absolute Gasteiger partial charge is 0.129 e. The Morgan fingerprint density at radius 1 is 1.27 bits per heavy atom. The zero-order valence-corrected chi connectivity index (χ0v) is 13.3. The SMILES string of the molecule is CC12C=Cc3occc3C1CCC13CC(C=O)C(CCC12)C3. The highest BCUT2D eigenvalue weighted by molar-refractivity contribution is 5.57. The fourth-order valence-corrected chi connectivity index (χ4v) is 6.91. The molecule has 2 heteroatoms. The Hall–Kier alpha value is -1.31. The van der Waals surface area contributed by atoms with Crippen molar-refractivity contribution < 1.29 is 9.21 Å². The molecule has 0 aromatic carbocycles. The van der Waals surface area contributed by atoms with Crippen LogP contribution in [0.2, 0.25) is 0 Å². The Morgan fingerprint density at radius 2 is 2.18 bits per heavy atom. The molecule has 3 saturated carbocycles. The lowest BCUT2D eigenvalue weighted by Crippen LogP contribution is -2.49. The maximum Gasteiger partial charge on any atom is 0.129 e. The number of carbonyl (C=O) groups excluding carboxylic acids is 1. The van der Waals surface area contributed by atoms with Crippen LogP contribution in [-0.4, -0.2) is 6.29 Å². The predicted octanol–water partition coefficient (Wildman–Crippen LogP) is 4.81. The van der Waals surface area contributed by atoms with Gasteiger partial charge in [0.1, 0.15) is 12.0 Å². The first-order valence-corrected chi connectivity index (χ1v) is 8.88. The molecule has 1 heterocycles. The van der Waals surface area contributed by atoms with Crippen LogP contribution in [0.5, 0.6) is 0 Å². The number of aldehydes is 1. The highest BCUT2D eigenvalue weighted by Crippen LogP contribution is 2.70. The molecule has 4 aliphatic rings. The monoisotopic (exact) mass is 296 g/mol. The van der Waals surface area contributed by atoms with E-state index in [-0.39, 0.29) is 5.41 Å². The van der Waals surface area contributed by atoms with E-state index >= 15 is 0 Å². The number of carbonyl (C=O) groups is 1. The normalized spacial score (nSPS) is 48.4. The van der Waals surface area contributed by atoms with Crippen LogP contribution in [0.3, 0.4) is 0 Å². The quantitative estimate of drug-likeness (QED) is 0.696. The van der Waals surface area contributed by atoms with Gasteiger partial charge in [-0.1, -0.05) is 13.0 Å². The molecular formula is C20H24O2. The van der Waals surface area contributed by atoms with Gasteiger partial charge >= 0.3 is 0 Å². The molecule has 22 heavy (non-hydrogen) atoms. The molecule has 0 amide bonds. The zero-order chi connectivity index (χ0) is 14.9. The molecule has 0 aliphatic heterocycles. The highest BCUT2D eigenvalue weighted by Gasteiger charge is 2.61. The Morgan fingerprint density at radius 3 is 3.05 bits per heavy atom. The summed E-state index contributed by atoms with van der Waals surface area (Å²) >= 11 is 0. The van der Waals surface area contributed by atoms with Gasteiger partial charge in [0.05, 0.1) is 6.26 Å². The summed E-state index contributed by atoms with van der Waals surface area (Å²) < 4.78 is 5.65. The lowest BCUT2D eigenvalue weighted by atomic mass is 9.46. The number of fused-ring (bicyclic) bond motifs is 5. The minimum absolute atomic E-state index is 0.248. The number of rotatable bonds is 1. The molecule has 1 aromatic rings. The molecule has 1 spiro atoms. The first kappa shape index (κ1) is 13.2. The van der Waals surface area contributed by atoms with E-state index in [2.05, 4.69) is 25.1 Å². The average molecular weight is 296 g/mol. The van der Waals surface area contributed by atoms with Crippen LogP contribution in [-0.2, 0) is 4.79 Å². The fraction of sp³-hybridized carbons (Fsp3) is 0.650. The summed E-state index contributed by atoms with van der Waals surface area (Å²) in [6.45, 7) is 2.48. The summed E-state index contributed by atoms with van der Waals surface area (Å²) in [5.74, 6) is 3.42. The second-order valence-electron chi connectivity index (χ2n) is 8.49. The largest absolute Gasteiger partial charge is 0.465 e. The Balaban J connectivity index is 1.59. The first-order chi connectivity index (χ1) is 10.7. The molecule has 0 saturated heterocycles. The Bertz CT molecular complexity index is 656. The standard InChI is InChI=1S/C20H24O2/c1-19-7-5-17-15(6-9-22-17)16(19)4-8-20-10-13(2-3-18(19)20)14(11-20)12-21/h5-7,9,12-14,16,18H,2-4,8,10-11H2,1H3. The first-order valence-electron chi connectivity index (χ1n) is 8.88. The van der Waals surface area contributed by atoms with E-state index in [9.17, 15) is 4.79 Å². The average Bonchev–Trinajstić information content (AvgIpc) is 3.09. The van der Waals surface area contributed by atoms with Crippen molar-refractivity contribution >= 4 is 12.4 Å². The van der Waals surface area contributed by atoms with E-state index in [1.165, 1.54) is 44.0 Å². The highest BCUT2D eigenvalue weighted by atomic mass is 16.3. The van der Waals surface area contributed by atoms with Crippen LogP contribution in [0.25, 0.3) is 6.08 Å². The molecule has 2 bridgehead atoms. The van der Waals surface area contributed by atoms with Crippen molar-refractivity contribution in [3.8, 4) is 0 Å². The topological polar surface area (TPSA) is 30.2 Å². The summed E-state index contributed by atoms with van der Waals surface area (Å²) in [5.41, 5.74) is 2.11. The zero-order valence-electron chi connectivity index (χ0n) is 13.3. The minimum Gasteiger partial charge on any atom is -0.465 e. The third-order valence-corrected chi connectivity index (χ3v) is 7.79. The van der Waals surface area contributed by atoms with E-state index in [1.54, 1.807) is 0 Å². The molecular weight excluding hydrogens is 272 g/mol. The third-order valence-electron chi connectivity index (χ3n) is 7.79. The molecule has 0 radical (unpaired) electrons. The predicted molar refractivity (Wildman–Crippen MR) is 85.3 cm³/mol. The van der Waals surface area contributed by atoms with E-state index in [4.69, 9.17) is 4.42 Å². The van der Waals surface area contributed by atoms with Crippen LogP contribution >= 0.6 is 0 Å².